The number of amides is 1. The number of hydrogen-bond acceptors (Lipinski definition) is 4. The smallest absolute Gasteiger partial charge is 0.237 e. The second-order valence-electron chi connectivity index (χ2n) is 5.19. The number of benzene rings is 1. The van der Waals surface area contributed by atoms with E-state index in [2.05, 4.69) is 12.2 Å². The molecule has 0 aliphatic heterocycles. The maximum Gasteiger partial charge on any atom is 0.237 e. The minimum atomic E-state index is -0.664. The molecule has 0 saturated carbocycles. The maximum atomic E-state index is 11.9. The number of nitrogens with two attached hydrogens (primary N) is 1. The van der Waals surface area contributed by atoms with Crippen LogP contribution < -0.4 is 11.1 Å². The Hall–Kier alpha value is -1.75. The summed E-state index contributed by atoms with van der Waals surface area (Å²) in [4.78, 5) is 11.9. The van der Waals surface area contributed by atoms with E-state index in [1.807, 2.05) is 6.92 Å². The van der Waals surface area contributed by atoms with Crippen molar-refractivity contribution < 1.29 is 15.0 Å². The number of carbonyl (C=O) groups excluding carboxylic acids is 1. The molecule has 112 valence electrons. The number of nitrogens with one attached hydrogen (secondary N) is 1. The summed E-state index contributed by atoms with van der Waals surface area (Å²) in [7, 11) is 0. The van der Waals surface area contributed by atoms with E-state index in [0.717, 1.165) is 19.3 Å². The summed E-state index contributed by atoms with van der Waals surface area (Å²) in [5.41, 5.74) is 6.57. The number of rotatable bonds is 7. The molecule has 20 heavy (non-hydrogen) atoms. The Labute approximate surface area is 119 Å². The highest BCUT2D eigenvalue weighted by Gasteiger charge is 2.16. The molecule has 0 heterocycles. The third-order valence-electron chi connectivity index (χ3n) is 3.21. The Morgan fingerprint density at radius 2 is 2.05 bits per heavy atom. The molecule has 1 aromatic rings. The number of phenolic OH excluding ortho intramolecular Hbond substituents is 2. The Balaban J connectivity index is 2.50. The van der Waals surface area contributed by atoms with Gasteiger partial charge in [-0.25, -0.2) is 0 Å². The molecule has 0 aliphatic rings. The fraction of sp³-hybridized carbons (Fsp3) is 0.533. The molecule has 5 N–H and O–H groups in total. The lowest BCUT2D eigenvalue weighted by Crippen LogP contribution is -2.45. The van der Waals surface area contributed by atoms with Crippen molar-refractivity contribution in [2.24, 2.45) is 5.73 Å². The fourth-order valence-corrected chi connectivity index (χ4v) is 1.97. The first-order chi connectivity index (χ1) is 9.43. The monoisotopic (exact) mass is 280 g/mol. The lowest BCUT2D eigenvalue weighted by molar-refractivity contribution is -0.123. The lowest BCUT2D eigenvalue weighted by atomic mass is 10.0. The van der Waals surface area contributed by atoms with Gasteiger partial charge in [0, 0.05) is 6.04 Å². The molecule has 0 saturated heterocycles. The number of aromatic hydroxyl groups is 2. The van der Waals surface area contributed by atoms with Gasteiger partial charge in [-0.3, -0.25) is 4.79 Å². The second-order valence-corrected chi connectivity index (χ2v) is 5.19. The van der Waals surface area contributed by atoms with Crippen LogP contribution in [0.25, 0.3) is 0 Å². The molecule has 1 unspecified atom stereocenters. The van der Waals surface area contributed by atoms with E-state index in [9.17, 15) is 15.0 Å². The quantitative estimate of drug-likeness (QED) is 0.571. The van der Waals surface area contributed by atoms with Crippen molar-refractivity contribution in [2.45, 2.75) is 51.6 Å². The topological polar surface area (TPSA) is 95.6 Å². The standard InChI is InChI=1S/C15H24N2O3/c1-3-4-5-10(2)17-15(20)12(16)8-11-6-7-13(18)14(19)9-11/h6-7,9-10,12,18-19H,3-5,8,16H2,1-2H3,(H,17,20)/t10?,12-/m0/s1. The van der Waals surface area contributed by atoms with Crippen LogP contribution in [0.15, 0.2) is 18.2 Å². The van der Waals surface area contributed by atoms with E-state index < -0.39 is 6.04 Å². The molecule has 0 fully saturated rings. The van der Waals surface area contributed by atoms with E-state index >= 15 is 0 Å². The summed E-state index contributed by atoms with van der Waals surface area (Å²) in [6.07, 6.45) is 3.43. The number of hydrogen-bond donors (Lipinski definition) is 4. The van der Waals surface area contributed by atoms with Gasteiger partial charge in [-0.2, -0.15) is 0 Å². The van der Waals surface area contributed by atoms with E-state index in [1.54, 1.807) is 6.07 Å². The summed E-state index contributed by atoms with van der Waals surface area (Å²) in [5.74, 6) is -0.576. The maximum absolute atomic E-state index is 11.9. The van der Waals surface area contributed by atoms with Crippen molar-refractivity contribution in [2.75, 3.05) is 0 Å². The first kappa shape index (κ1) is 16.3. The fourth-order valence-electron chi connectivity index (χ4n) is 1.97. The Bertz CT molecular complexity index is 449. The molecule has 5 nitrogen and oxygen atoms in total. The van der Waals surface area contributed by atoms with Crippen LogP contribution in [0.5, 0.6) is 11.5 Å². The average Bonchev–Trinajstić information content (AvgIpc) is 2.40. The normalized spacial score (nSPS) is 13.8. The van der Waals surface area contributed by atoms with E-state index in [1.165, 1.54) is 12.1 Å². The van der Waals surface area contributed by atoms with Crippen LogP contribution in [0.1, 0.15) is 38.7 Å². The molecule has 1 aromatic carbocycles. The zero-order valence-electron chi connectivity index (χ0n) is 12.1. The van der Waals surface area contributed by atoms with Gasteiger partial charge in [0.2, 0.25) is 5.91 Å². The highest BCUT2D eigenvalue weighted by atomic mass is 16.3. The van der Waals surface area contributed by atoms with Gasteiger partial charge in [0.05, 0.1) is 6.04 Å². The third kappa shape index (κ3) is 5.09. The van der Waals surface area contributed by atoms with E-state index in [-0.39, 0.29) is 23.4 Å². The highest BCUT2D eigenvalue weighted by molar-refractivity contribution is 5.82. The SMILES string of the molecule is CCCCC(C)NC(=O)[C@@H](N)Cc1ccc(O)c(O)c1. The molecule has 0 aliphatic carbocycles. The molecule has 0 aromatic heterocycles. The zero-order valence-corrected chi connectivity index (χ0v) is 12.1. The van der Waals surface area contributed by atoms with Crippen molar-refractivity contribution in [1.82, 2.24) is 5.32 Å². The van der Waals surface area contributed by atoms with Crippen LogP contribution in [-0.2, 0) is 11.2 Å². The summed E-state index contributed by atoms with van der Waals surface area (Å²) >= 11 is 0. The minimum Gasteiger partial charge on any atom is -0.504 e. The van der Waals surface area contributed by atoms with Crippen LogP contribution in [0.3, 0.4) is 0 Å². The summed E-state index contributed by atoms with van der Waals surface area (Å²) < 4.78 is 0. The Morgan fingerprint density at radius 1 is 1.35 bits per heavy atom. The van der Waals surface area contributed by atoms with Crippen LogP contribution in [0, 0.1) is 0 Å². The summed E-state index contributed by atoms with van der Waals surface area (Å²) in [5, 5.41) is 21.5. The summed E-state index contributed by atoms with van der Waals surface area (Å²) in [6, 6.07) is 3.90. The molecule has 1 amide bonds. The molecular formula is C15H24N2O3. The minimum absolute atomic E-state index is 0.113. The molecule has 0 radical (unpaired) electrons. The van der Waals surface area contributed by atoms with Crippen LogP contribution in [0.4, 0.5) is 0 Å². The van der Waals surface area contributed by atoms with Gasteiger partial charge in [0.1, 0.15) is 0 Å². The van der Waals surface area contributed by atoms with Gasteiger partial charge in [-0.15, -0.1) is 0 Å². The number of carbonyl (C=O) groups is 1. The Morgan fingerprint density at radius 3 is 2.65 bits per heavy atom. The molecular weight excluding hydrogens is 256 g/mol. The third-order valence-corrected chi connectivity index (χ3v) is 3.21. The van der Waals surface area contributed by atoms with Gasteiger partial charge in [0.25, 0.3) is 0 Å². The molecule has 1 rings (SSSR count). The van der Waals surface area contributed by atoms with Crippen molar-refractivity contribution in [3.8, 4) is 11.5 Å². The van der Waals surface area contributed by atoms with Crippen molar-refractivity contribution in [3.05, 3.63) is 23.8 Å². The van der Waals surface area contributed by atoms with Crippen LogP contribution in [-0.4, -0.2) is 28.2 Å². The highest BCUT2D eigenvalue weighted by Crippen LogP contribution is 2.25. The molecule has 2 atom stereocenters. The lowest BCUT2D eigenvalue weighted by Gasteiger charge is -2.17. The van der Waals surface area contributed by atoms with Gasteiger partial charge in [-0.1, -0.05) is 25.8 Å². The van der Waals surface area contributed by atoms with Crippen LogP contribution in [0.2, 0.25) is 0 Å². The predicted octanol–water partition coefficient (Wildman–Crippen LogP) is 1.66. The number of phenols is 2. The molecule has 0 spiro atoms. The van der Waals surface area contributed by atoms with Gasteiger partial charge in [0.15, 0.2) is 11.5 Å². The molecule has 5 heteroatoms. The zero-order chi connectivity index (χ0) is 15.1. The van der Waals surface area contributed by atoms with Gasteiger partial charge >= 0.3 is 0 Å². The molecule has 0 bridgehead atoms. The van der Waals surface area contributed by atoms with Crippen molar-refractivity contribution in [1.29, 1.82) is 0 Å². The van der Waals surface area contributed by atoms with Crippen LogP contribution >= 0.6 is 0 Å². The van der Waals surface area contributed by atoms with Gasteiger partial charge in [-0.05, 0) is 37.5 Å². The summed E-state index contributed by atoms with van der Waals surface area (Å²) in [6.45, 7) is 4.07. The van der Waals surface area contributed by atoms with E-state index in [0.29, 0.717) is 12.0 Å². The second kappa shape index (κ2) is 7.75. The number of unbranched alkanes of at least 4 members (excludes halogenated alkanes) is 1. The first-order valence-electron chi connectivity index (χ1n) is 7.00. The van der Waals surface area contributed by atoms with Crippen molar-refractivity contribution in [3.63, 3.8) is 0 Å². The van der Waals surface area contributed by atoms with E-state index in [4.69, 9.17) is 5.73 Å². The van der Waals surface area contributed by atoms with Crippen molar-refractivity contribution >= 4 is 5.91 Å². The first-order valence-corrected chi connectivity index (χ1v) is 7.00. The largest absolute Gasteiger partial charge is 0.504 e. The average molecular weight is 280 g/mol. The Kier molecular flexibility index (Phi) is 6.31. The van der Waals surface area contributed by atoms with Gasteiger partial charge < -0.3 is 21.3 Å². The predicted molar refractivity (Wildman–Crippen MR) is 78.6 cm³/mol.